The third-order valence-electron chi connectivity index (χ3n) is 1.82. The van der Waals surface area contributed by atoms with Crippen molar-refractivity contribution in [2.75, 3.05) is 6.61 Å². The molecular formula is C10H14O2S. The lowest BCUT2D eigenvalue weighted by atomic mass is 10.1. The topological polar surface area (TPSA) is 26.3 Å². The van der Waals surface area contributed by atoms with Crippen molar-refractivity contribution in [3.63, 3.8) is 0 Å². The van der Waals surface area contributed by atoms with Gasteiger partial charge in [-0.15, -0.1) is 0 Å². The van der Waals surface area contributed by atoms with E-state index in [-0.39, 0.29) is 11.9 Å². The summed E-state index contributed by atoms with van der Waals surface area (Å²) < 4.78 is 5.40. The van der Waals surface area contributed by atoms with Crippen LogP contribution in [0.15, 0.2) is 16.8 Å². The average molecular weight is 198 g/mol. The number of carbonyl (C=O) groups excluding carboxylic acids is 1. The molecule has 0 aliphatic heterocycles. The van der Waals surface area contributed by atoms with Gasteiger partial charge >= 0.3 is 0 Å². The quantitative estimate of drug-likeness (QED) is 0.727. The zero-order valence-corrected chi connectivity index (χ0v) is 8.76. The average Bonchev–Trinajstić information content (AvgIpc) is 2.65. The van der Waals surface area contributed by atoms with Crippen LogP contribution in [0.1, 0.15) is 31.9 Å². The normalized spacial score (nSPS) is 12.8. The smallest absolute Gasteiger partial charge is 0.165 e. The van der Waals surface area contributed by atoms with Gasteiger partial charge in [0.2, 0.25) is 0 Å². The molecule has 1 aromatic heterocycles. The van der Waals surface area contributed by atoms with E-state index in [4.69, 9.17) is 4.74 Å². The van der Waals surface area contributed by atoms with Crippen molar-refractivity contribution >= 4 is 17.1 Å². The molecule has 0 spiro atoms. The van der Waals surface area contributed by atoms with E-state index in [1.54, 1.807) is 11.3 Å². The minimum Gasteiger partial charge on any atom is -0.366 e. The Balaban J connectivity index is 2.74. The van der Waals surface area contributed by atoms with Crippen molar-refractivity contribution in [3.05, 3.63) is 22.4 Å². The van der Waals surface area contributed by atoms with Crippen molar-refractivity contribution in [1.29, 1.82) is 0 Å². The van der Waals surface area contributed by atoms with Crippen LogP contribution in [0.2, 0.25) is 0 Å². The second-order valence-corrected chi connectivity index (χ2v) is 3.49. The van der Waals surface area contributed by atoms with E-state index in [1.165, 1.54) is 0 Å². The van der Waals surface area contributed by atoms with Gasteiger partial charge in [-0.3, -0.25) is 4.79 Å². The van der Waals surface area contributed by atoms with Gasteiger partial charge < -0.3 is 4.74 Å². The largest absolute Gasteiger partial charge is 0.366 e. The highest BCUT2D eigenvalue weighted by atomic mass is 32.1. The summed E-state index contributed by atoms with van der Waals surface area (Å²) in [5, 5.41) is 3.93. The van der Waals surface area contributed by atoms with E-state index in [1.807, 2.05) is 30.7 Å². The molecule has 0 saturated carbocycles. The molecule has 1 aromatic rings. The van der Waals surface area contributed by atoms with Gasteiger partial charge in [0.05, 0.1) is 0 Å². The molecule has 0 bridgehead atoms. The second-order valence-electron chi connectivity index (χ2n) is 2.71. The van der Waals surface area contributed by atoms with Crippen molar-refractivity contribution in [2.24, 2.45) is 0 Å². The van der Waals surface area contributed by atoms with E-state index < -0.39 is 0 Å². The molecule has 1 atom stereocenters. The van der Waals surface area contributed by atoms with E-state index in [0.29, 0.717) is 13.0 Å². The number of hydrogen-bond acceptors (Lipinski definition) is 3. The Hall–Kier alpha value is -0.670. The van der Waals surface area contributed by atoms with Crippen LogP contribution >= 0.6 is 11.3 Å². The zero-order valence-electron chi connectivity index (χ0n) is 7.95. The van der Waals surface area contributed by atoms with E-state index >= 15 is 0 Å². The number of rotatable bonds is 5. The van der Waals surface area contributed by atoms with Gasteiger partial charge in [0.15, 0.2) is 5.78 Å². The highest BCUT2D eigenvalue weighted by molar-refractivity contribution is 7.08. The molecule has 0 aromatic carbocycles. The molecule has 1 unspecified atom stereocenters. The molecule has 0 saturated heterocycles. The van der Waals surface area contributed by atoms with Crippen LogP contribution in [-0.2, 0) is 9.53 Å². The van der Waals surface area contributed by atoms with Crippen molar-refractivity contribution in [3.8, 4) is 0 Å². The van der Waals surface area contributed by atoms with Crippen LogP contribution in [0, 0.1) is 0 Å². The lowest BCUT2D eigenvalue weighted by Crippen LogP contribution is -2.14. The first-order chi connectivity index (χ1) is 6.29. The maximum Gasteiger partial charge on any atom is 0.165 e. The van der Waals surface area contributed by atoms with Crippen molar-refractivity contribution in [2.45, 2.75) is 26.4 Å². The fraction of sp³-hybridized carbons (Fsp3) is 0.500. The van der Waals surface area contributed by atoms with Crippen LogP contribution in [0.4, 0.5) is 0 Å². The number of ketones is 1. The molecule has 0 N–H and O–H groups in total. The first-order valence-electron chi connectivity index (χ1n) is 4.46. The zero-order chi connectivity index (χ0) is 9.68. The lowest BCUT2D eigenvalue weighted by molar-refractivity contribution is -0.130. The van der Waals surface area contributed by atoms with Gasteiger partial charge in [-0.2, -0.15) is 11.3 Å². The molecule has 0 fully saturated rings. The molecule has 0 aliphatic rings. The molecule has 1 heterocycles. The van der Waals surface area contributed by atoms with Crippen LogP contribution in [0.5, 0.6) is 0 Å². The summed E-state index contributed by atoms with van der Waals surface area (Å²) in [6.07, 6.45) is 0.182. The predicted octanol–water partition coefficient (Wildman–Crippen LogP) is 2.80. The summed E-state index contributed by atoms with van der Waals surface area (Å²) in [6.45, 7) is 4.34. The molecule has 2 nitrogen and oxygen atoms in total. The summed E-state index contributed by atoms with van der Waals surface area (Å²) in [6, 6.07) is 1.94. The molecule has 1 rings (SSSR count). The minimum absolute atomic E-state index is 0.153. The fourth-order valence-electron chi connectivity index (χ4n) is 1.15. The predicted molar refractivity (Wildman–Crippen MR) is 54.0 cm³/mol. The SMILES string of the molecule is CCOC(C(=O)CC)c1ccsc1. The maximum atomic E-state index is 11.5. The van der Waals surface area contributed by atoms with Crippen LogP contribution < -0.4 is 0 Å². The molecule has 13 heavy (non-hydrogen) atoms. The van der Waals surface area contributed by atoms with Crippen molar-refractivity contribution in [1.82, 2.24) is 0 Å². The number of thiophene rings is 1. The first kappa shape index (κ1) is 10.4. The number of carbonyl (C=O) groups is 1. The van der Waals surface area contributed by atoms with E-state index in [2.05, 4.69) is 0 Å². The highest BCUT2D eigenvalue weighted by Gasteiger charge is 2.18. The van der Waals surface area contributed by atoms with Crippen molar-refractivity contribution < 1.29 is 9.53 Å². The first-order valence-corrected chi connectivity index (χ1v) is 5.40. The van der Waals surface area contributed by atoms with Crippen LogP contribution in [0.25, 0.3) is 0 Å². The Morgan fingerprint density at radius 3 is 2.85 bits per heavy atom. The monoisotopic (exact) mass is 198 g/mol. The Morgan fingerprint density at radius 2 is 2.38 bits per heavy atom. The van der Waals surface area contributed by atoms with Gasteiger partial charge in [-0.1, -0.05) is 6.92 Å². The highest BCUT2D eigenvalue weighted by Crippen LogP contribution is 2.22. The van der Waals surface area contributed by atoms with Gasteiger partial charge in [0.25, 0.3) is 0 Å². The van der Waals surface area contributed by atoms with Gasteiger partial charge in [-0.05, 0) is 29.3 Å². The van der Waals surface area contributed by atoms with Gasteiger partial charge in [-0.25, -0.2) is 0 Å². The van der Waals surface area contributed by atoms with Gasteiger partial charge in [0.1, 0.15) is 6.10 Å². The lowest BCUT2D eigenvalue weighted by Gasteiger charge is -2.13. The fourth-order valence-corrected chi connectivity index (χ4v) is 1.82. The molecule has 3 heteroatoms. The van der Waals surface area contributed by atoms with Gasteiger partial charge in [0, 0.05) is 13.0 Å². The summed E-state index contributed by atoms with van der Waals surface area (Å²) in [4.78, 5) is 11.5. The Morgan fingerprint density at radius 1 is 1.62 bits per heavy atom. The Bertz CT molecular complexity index is 254. The molecule has 0 amide bonds. The summed E-state index contributed by atoms with van der Waals surface area (Å²) in [5.74, 6) is 0.153. The van der Waals surface area contributed by atoms with E-state index in [9.17, 15) is 4.79 Å². The molecular weight excluding hydrogens is 184 g/mol. The Kier molecular flexibility index (Phi) is 4.12. The number of hydrogen-bond donors (Lipinski definition) is 0. The molecule has 72 valence electrons. The van der Waals surface area contributed by atoms with Crippen LogP contribution in [-0.4, -0.2) is 12.4 Å². The summed E-state index contributed by atoms with van der Waals surface area (Å²) >= 11 is 1.59. The number of ether oxygens (including phenoxy) is 1. The van der Waals surface area contributed by atoms with Crippen LogP contribution in [0.3, 0.4) is 0 Å². The third-order valence-corrected chi connectivity index (χ3v) is 2.52. The summed E-state index contributed by atoms with van der Waals surface area (Å²) in [5.41, 5.74) is 0.985. The minimum atomic E-state index is -0.346. The van der Waals surface area contributed by atoms with E-state index in [0.717, 1.165) is 5.56 Å². The Labute approximate surface area is 82.5 Å². The third kappa shape index (κ3) is 2.64. The number of Topliss-reactive ketones (excluding diaryl/α,β-unsaturated/α-hetero) is 1. The molecule has 0 aliphatic carbocycles. The molecule has 0 radical (unpaired) electrons. The second kappa shape index (κ2) is 5.14. The standard InChI is InChI=1S/C10H14O2S/c1-3-9(11)10(12-4-2)8-5-6-13-7-8/h5-7,10H,3-4H2,1-2H3. The summed E-state index contributed by atoms with van der Waals surface area (Å²) in [7, 11) is 0. The maximum absolute atomic E-state index is 11.5.